The maximum atomic E-state index is 15.1. The molecule has 1 aromatic carbocycles. The fourth-order valence-electron chi connectivity index (χ4n) is 5.67. The lowest BCUT2D eigenvalue weighted by Crippen LogP contribution is -2.58. The van der Waals surface area contributed by atoms with Gasteiger partial charge in [-0.25, -0.2) is 28.7 Å². The van der Waals surface area contributed by atoms with Crippen LogP contribution in [0.3, 0.4) is 0 Å². The van der Waals surface area contributed by atoms with Gasteiger partial charge in [0, 0.05) is 30.7 Å². The van der Waals surface area contributed by atoms with Crippen LogP contribution in [0.2, 0.25) is 5.02 Å². The number of carbonyl (C=O) groups excluding carboxylic acids is 1. The number of pyridine rings is 1. The van der Waals surface area contributed by atoms with Crippen molar-refractivity contribution >= 4 is 39.9 Å². The Hall–Kier alpha value is -4.44. The van der Waals surface area contributed by atoms with E-state index in [1.54, 1.807) is 36.1 Å². The second kappa shape index (κ2) is 11.9. The molecule has 0 spiro atoms. The number of hydrogen-bond acceptors (Lipinski definition) is 7. The third-order valence-corrected chi connectivity index (χ3v) is 8.17. The van der Waals surface area contributed by atoms with Crippen molar-refractivity contribution in [3.05, 3.63) is 88.1 Å². The number of benzene rings is 1. The van der Waals surface area contributed by atoms with Gasteiger partial charge in [0.05, 0.1) is 33.2 Å². The molecule has 2 atom stereocenters. The number of nitrogens with zero attached hydrogens (tertiary/aromatic N) is 7. The Morgan fingerprint density at radius 1 is 1.11 bits per heavy atom. The van der Waals surface area contributed by atoms with E-state index in [-0.39, 0.29) is 45.8 Å². The molecule has 4 heterocycles. The summed E-state index contributed by atoms with van der Waals surface area (Å²) in [5, 5.41) is 0.696. The van der Waals surface area contributed by atoms with Crippen LogP contribution in [-0.4, -0.2) is 60.5 Å². The Morgan fingerprint density at radius 2 is 1.82 bits per heavy atom. The van der Waals surface area contributed by atoms with E-state index in [1.165, 1.54) is 16.7 Å². The number of fused-ring (bicyclic) bond motifs is 1. The minimum absolute atomic E-state index is 0.0962. The molecule has 1 saturated heterocycles. The molecule has 1 aliphatic heterocycles. The van der Waals surface area contributed by atoms with Gasteiger partial charge in [0.1, 0.15) is 11.6 Å². The molecule has 0 radical (unpaired) electrons. The van der Waals surface area contributed by atoms with Gasteiger partial charge in [-0.05, 0) is 63.5 Å². The van der Waals surface area contributed by atoms with Crippen LogP contribution in [0.25, 0.3) is 33.6 Å². The molecule has 0 saturated carbocycles. The molecule has 11 heteroatoms. The van der Waals surface area contributed by atoms with Crippen molar-refractivity contribution < 1.29 is 9.18 Å². The van der Waals surface area contributed by atoms with Gasteiger partial charge in [-0.15, -0.1) is 0 Å². The van der Waals surface area contributed by atoms with Gasteiger partial charge in [0.25, 0.3) is 0 Å². The molecule has 3 aromatic heterocycles. The summed E-state index contributed by atoms with van der Waals surface area (Å²) in [6.45, 7) is 19.9. The Kier molecular flexibility index (Phi) is 8.40. The topological polar surface area (TPSA) is 97.1 Å². The summed E-state index contributed by atoms with van der Waals surface area (Å²) in [7, 11) is 0. The van der Waals surface area contributed by atoms with E-state index in [9.17, 15) is 9.59 Å². The van der Waals surface area contributed by atoms with Crippen LogP contribution in [0.4, 0.5) is 10.2 Å². The summed E-state index contributed by atoms with van der Waals surface area (Å²) in [5.74, 6) is 0.106. The molecule has 0 N–H and O–H groups in total. The lowest BCUT2D eigenvalue weighted by Gasteiger charge is -2.44. The van der Waals surface area contributed by atoms with Crippen molar-refractivity contribution in [2.45, 2.75) is 59.5 Å². The molecule has 1 fully saturated rings. The van der Waals surface area contributed by atoms with Crippen molar-refractivity contribution in [3.8, 4) is 16.9 Å². The number of rotatable bonds is 6. The van der Waals surface area contributed by atoms with Crippen molar-refractivity contribution in [1.82, 2.24) is 29.4 Å². The van der Waals surface area contributed by atoms with Gasteiger partial charge in [0.15, 0.2) is 11.5 Å². The van der Waals surface area contributed by atoms with E-state index in [1.807, 2.05) is 39.5 Å². The SMILES string of the molecule is C=CC(=O)N1C[C@H](C)N(c2nc(=O)n(-c3c(C)nc(C(=C)C)nc3C(C)C)c3nc(-c4ccccc4F)c(Cl)cc23)C[C@H]1C. The van der Waals surface area contributed by atoms with Crippen LogP contribution in [0.1, 0.15) is 57.7 Å². The highest BCUT2D eigenvalue weighted by Crippen LogP contribution is 2.36. The van der Waals surface area contributed by atoms with Crippen LogP contribution >= 0.6 is 11.6 Å². The van der Waals surface area contributed by atoms with E-state index in [0.717, 1.165) is 0 Å². The van der Waals surface area contributed by atoms with Gasteiger partial charge in [0.2, 0.25) is 5.91 Å². The molecule has 228 valence electrons. The number of halogens is 2. The van der Waals surface area contributed by atoms with E-state index in [0.29, 0.717) is 52.8 Å². The number of piperazine rings is 1. The maximum Gasteiger partial charge on any atom is 0.355 e. The molecular formula is C33H35ClFN7O2. The smallest absolute Gasteiger partial charge is 0.349 e. The Bertz CT molecular complexity index is 1890. The summed E-state index contributed by atoms with van der Waals surface area (Å²) in [5.41, 5.74) is 2.34. The average molecular weight is 616 g/mol. The first kappa shape index (κ1) is 31.0. The number of aromatic nitrogens is 5. The summed E-state index contributed by atoms with van der Waals surface area (Å²) < 4.78 is 16.5. The second-order valence-electron chi connectivity index (χ2n) is 11.6. The third kappa shape index (κ3) is 5.38. The van der Waals surface area contributed by atoms with E-state index >= 15 is 4.39 Å². The highest BCUT2D eigenvalue weighted by molar-refractivity contribution is 6.33. The van der Waals surface area contributed by atoms with Crippen LogP contribution in [-0.2, 0) is 4.79 Å². The van der Waals surface area contributed by atoms with Crippen molar-refractivity contribution in [2.75, 3.05) is 18.0 Å². The minimum atomic E-state index is -0.595. The third-order valence-electron chi connectivity index (χ3n) is 7.88. The first-order valence-corrected chi connectivity index (χ1v) is 14.8. The molecule has 0 bridgehead atoms. The van der Waals surface area contributed by atoms with E-state index in [4.69, 9.17) is 21.6 Å². The van der Waals surface area contributed by atoms with Gasteiger partial charge >= 0.3 is 5.69 Å². The lowest BCUT2D eigenvalue weighted by atomic mass is 10.0. The number of hydrogen-bond donors (Lipinski definition) is 0. The summed E-state index contributed by atoms with van der Waals surface area (Å²) in [6, 6.07) is 7.51. The first-order chi connectivity index (χ1) is 20.8. The largest absolute Gasteiger partial charge is 0.355 e. The molecule has 9 nitrogen and oxygen atoms in total. The summed E-state index contributed by atoms with van der Waals surface area (Å²) in [4.78, 5) is 49.3. The zero-order valence-electron chi connectivity index (χ0n) is 25.7. The van der Waals surface area contributed by atoms with Crippen molar-refractivity contribution in [3.63, 3.8) is 0 Å². The van der Waals surface area contributed by atoms with E-state index < -0.39 is 11.5 Å². The lowest BCUT2D eigenvalue weighted by molar-refractivity contribution is -0.128. The molecule has 1 aliphatic rings. The molecule has 0 aliphatic carbocycles. The monoisotopic (exact) mass is 615 g/mol. The Labute approximate surface area is 260 Å². The van der Waals surface area contributed by atoms with Gasteiger partial charge in [-0.2, -0.15) is 4.98 Å². The zero-order valence-corrected chi connectivity index (χ0v) is 26.5. The average Bonchev–Trinajstić information content (AvgIpc) is 2.97. The van der Waals surface area contributed by atoms with Gasteiger partial charge in [-0.1, -0.05) is 50.7 Å². The van der Waals surface area contributed by atoms with Gasteiger partial charge in [-0.3, -0.25) is 4.79 Å². The maximum absolute atomic E-state index is 15.1. The summed E-state index contributed by atoms with van der Waals surface area (Å²) in [6.07, 6.45) is 1.30. The molecule has 44 heavy (non-hydrogen) atoms. The fraction of sp³-hybridized carbons (Fsp3) is 0.333. The standard InChI is InChI=1S/C33H35ClFN7O2/c1-9-26(43)40-15-20(7)41(16-19(40)6)31-23-14-24(34)28(22-12-10-11-13-25(22)35)38-32(23)42(33(44)39-31)29-21(8)36-30(18(4)5)37-27(29)17(2)3/h9-14,17,19-20H,1,4,15-16H2,2-3,5-8H3/t19-,20+/m1/s1. The predicted molar refractivity (Wildman–Crippen MR) is 173 cm³/mol. The molecule has 1 amide bonds. The predicted octanol–water partition coefficient (Wildman–Crippen LogP) is 6.11. The van der Waals surface area contributed by atoms with Crippen LogP contribution in [0.15, 0.2) is 54.4 Å². The minimum Gasteiger partial charge on any atom is -0.349 e. The first-order valence-electron chi connectivity index (χ1n) is 14.5. The van der Waals surface area contributed by atoms with Crippen LogP contribution < -0.4 is 10.6 Å². The number of aryl methyl sites for hydroxylation is 1. The van der Waals surface area contributed by atoms with Crippen molar-refractivity contribution in [1.29, 1.82) is 0 Å². The number of carbonyl (C=O) groups is 1. The van der Waals surface area contributed by atoms with Crippen LogP contribution in [0, 0.1) is 12.7 Å². The fourth-order valence-corrected chi connectivity index (χ4v) is 5.93. The Balaban J connectivity index is 1.85. The van der Waals surface area contributed by atoms with Gasteiger partial charge < -0.3 is 9.80 Å². The number of amides is 1. The molecule has 0 unspecified atom stereocenters. The summed E-state index contributed by atoms with van der Waals surface area (Å²) >= 11 is 6.81. The molecular weight excluding hydrogens is 581 g/mol. The highest BCUT2D eigenvalue weighted by atomic mass is 35.5. The quantitative estimate of drug-likeness (QED) is 0.242. The highest BCUT2D eigenvalue weighted by Gasteiger charge is 2.34. The van der Waals surface area contributed by atoms with Crippen LogP contribution in [0.5, 0.6) is 0 Å². The van der Waals surface area contributed by atoms with Crippen molar-refractivity contribution in [2.24, 2.45) is 0 Å². The number of allylic oxidation sites excluding steroid dienone is 1. The Morgan fingerprint density at radius 3 is 2.45 bits per heavy atom. The molecule has 5 rings (SSSR count). The normalized spacial score (nSPS) is 16.9. The molecule has 4 aromatic rings. The van der Waals surface area contributed by atoms with E-state index in [2.05, 4.69) is 23.1 Å². The second-order valence-corrected chi connectivity index (χ2v) is 12.0. The zero-order chi connectivity index (χ0) is 32.0. The number of anilines is 1.